The second kappa shape index (κ2) is 9.07. The first-order valence-corrected chi connectivity index (χ1v) is 11.3. The number of nitrogens with zero attached hydrogens (tertiary/aromatic N) is 2. The quantitative estimate of drug-likeness (QED) is 0.151. The van der Waals surface area contributed by atoms with Gasteiger partial charge in [0.05, 0.1) is 27.6 Å². The molecule has 1 aliphatic rings. The number of furan rings is 1. The van der Waals surface area contributed by atoms with E-state index in [4.69, 9.17) is 33.0 Å². The second-order valence-corrected chi connectivity index (χ2v) is 9.40. The van der Waals surface area contributed by atoms with Gasteiger partial charge in [0, 0.05) is 28.2 Å². The maximum absolute atomic E-state index is 13.0. The number of halogens is 2. The standard InChI is InChI=1S/C21H12BrClN2O5S2/c1-29-18-6-3-11(9-16(18)23)24-20(26)19(32-21(24)31)10-13-4-7-17(30-13)14-5-2-12(25(27)28)8-15(14)22/h2-10H,1H3/b19-10+. The fraction of sp³-hybridized carbons (Fsp3) is 0.0476. The maximum atomic E-state index is 13.0. The van der Waals surface area contributed by atoms with Crippen LogP contribution in [-0.4, -0.2) is 22.3 Å². The SMILES string of the molecule is COc1ccc(N2C(=O)/C(=C\c3ccc(-c4ccc([N+](=O)[O-])cc4Br)o3)SC2=S)cc1Cl. The average Bonchev–Trinajstić information content (AvgIpc) is 3.32. The minimum atomic E-state index is -0.472. The van der Waals surface area contributed by atoms with Crippen LogP contribution in [0.3, 0.4) is 0 Å². The number of carbonyl (C=O) groups is 1. The van der Waals surface area contributed by atoms with E-state index in [0.717, 1.165) is 11.8 Å². The Kier molecular flexibility index (Phi) is 6.38. The number of nitro benzene ring substituents is 1. The third kappa shape index (κ3) is 4.31. The Bertz CT molecular complexity index is 1310. The highest BCUT2D eigenvalue weighted by atomic mass is 79.9. The fourth-order valence-electron chi connectivity index (χ4n) is 3.01. The molecule has 32 heavy (non-hydrogen) atoms. The minimum absolute atomic E-state index is 0.0327. The fourth-order valence-corrected chi connectivity index (χ4v) is 5.10. The number of methoxy groups -OCH3 is 1. The summed E-state index contributed by atoms with van der Waals surface area (Å²) in [5.74, 6) is 1.14. The molecule has 11 heteroatoms. The number of hydrogen-bond acceptors (Lipinski definition) is 7. The molecule has 2 heterocycles. The van der Waals surface area contributed by atoms with Crippen molar-refractivity contribution in [3.05, 3.63) is 78.8 Å². The molecule has 7 nitrogen and oxygen atoms in total. The van der Waals surface area contributed by atoms with E-state index in [9.17, 15) is 14.9 Å². The molecule has 2 aromatic carbocycles. The lowest BCUT2D eigenvalue weighted by atomic mass is 10.1. The molecular formula is C21H12BrClN2O5S2. The summed E-state index contributed by atoms with van der Waals surface area (Å²) in [6.07, 6.45) is 1.60. The van der Waals surface area contributed by atoms with Crippen LogP contribution in [0.2, 0.25) is 5.02 Å². The number of rotatable bonds is 5. The van der Waals surface area contributed by atoms with Crippen LogP contribution in [0.5, 0.6) is 5.75 Å². The zero-order valence-corrected chi connectivity index (χ0v) is 20.2. The van der Waals surface area contributed by atoms with Crippen molar-refractivity contribution in [2.75, 3.05) is 12.0 Å². The lowest BCUT2D eigenvalue weighted by Crippen LogP contribution is -2.27. The number of anilines is 1. The van der Waals surface area contributed by atoms with Crippen LogP contribution >= 0.6 is 51.5 Å². The molecule has 0 unspecified atom stereocenters. The van der Waals surface area contributed by atoms with E-state index in [0.29, 0.717) is 47.2 Å². The van der Waals surface area contributed by atoms with Gasteiger partial charge in [-0.1, -0.05) is 35.6 Å². The molecule has 3 aromatic rings. The van der Waals surface area contributed by atoms with Crippen LogP contribution in [0.4, 0.5) is 11.4 Å². The maximum Gasteiger partial charge on any atom is 0.270 e. The van der Waals surface area contributed by atoms with Crippen LogP contribution in [-0.2, 0) is 4.79 Å². The molecule has 0 N–H and O–H groups in total. The summed E-state index contributed by atoms with van der Waals surface area (Å²) >= 11 is 16.1. The van der Waals surface area contributed by atoms with Gasteiger partial charge in [0.15, 0.2) is 4.32 Å². The Labute approximate surface area is 205 Å². The van der Waals surface area contributed by atoms with Gasteiger partial charge < -0.3 is 9.15 Å². The van der Waals surface area contributed by atoms with Crippen LogP contribution in [0, 0.1) is 10.1 Å². The smallest absolute Gasteiger partial charge is 0.270 e. The van der Waals surface area contributed by atoms with Crippen molar-refractivity contribution in [1.29, 1.82) is 0 Å². The first-order chi connectivity index (χ1) is 15.3. The Hall–Kier alpha value is -2.66. The summed E-state index contributed by atoms with van der Waals surface area (Å²) in [5.41, 5.74) is 1.15. The summed E-state index contributed by atoms with van der Waals surface area (Å²) in [4.78, 5) is 25.2. The number of nitro groups is 1. The highest BCUT2D eigenvalue weighted by Crippen LogP contribution is 2.39. The second-order valence-electron chi connectivity index (χ2n) is 6.46. The Balaban J connectivity index is 1.60. The van der Waals surface area contributed by atoms with E-state index in [2.05, 4.69) is 15.9 Å². The van der Waals surface area contributed by atoms with Gasteiger partial charge in [0.2, 0.25) is 0 Å². The van der Waals surface area contributed by atoms with Gasteiger partial charge in [-0.3, -0.25) is 19.8 Å². The summed E-state index contributed by atoms with van der Waals surface area (Å²) < 4.78 is 11.9. The summed E-state index contributed by atoms with van der Waals surface area (Å²) in [6.45, 7) is 0. The molecule has 162 valence electrons. The molecule has 1 aromatic heterocycles. The molecule has 0 saturated carbocycles. The Morgan fingerprint density at radius 3 is 2.69 bits per heavy atom. The number of thioether (sulfide) groups is 1. The largest absolute Gasteiger partial charge is 0.495 e. The molecule has 1 saturated heterocycles. The Morgan fingerprint density at radius 1 is 1.25 bits per heavy atom. The van der Waals surface area contributed by atoms with Crippen LogP contribution < -0.4 is 9.64 Å². The zero-order valence-electron chi connectivity index (χ0n) is 16.2. The van der Waals surface area contributed by atoms with Gasteiger partial charge in [-0.2, -0.15) is 0 Å². The lowest BCUT2D eigenvalue weighted by molar-refractivity contribution is -0.384. The molecule has 1 aliphatic heterocycles. The van der Waals surface area contributed by atoms with Crippen molar-refractivity contribution < 1.29 is 18.9 Å². The summed E-state index contributed by atoms with van der Waals surface area (Å²) in [7, 11) is 1.51. The lowest BCUT2D eigenvalue weighted by Gasteiger charge is -2.15. The zero-order chi connectivity index (χ0) is 23.0. The van der Waals surface area contributed by atoms with Gasteiger partial charge in [-0.05, 0) is 52.3 Å². The first-order valence-electron chi connectivity index (χ1n) is 8.94. The highest BCUT2D eigenvalue weighted by Gasteiger charge is 2.34. The van der Waals surface area contributed by atoms with Gasteiger partial charge in [0.1, 0.15) is 17.3 Å². The van der Waals surface area contributed by atoms with E-state index >= 15 is 0 Å². The van der Waals surface area contributed by atoms with E-state index in [1.807, 2.05) is 0 Å². The number of carbonyl (C=O) groups excluding carboxylic acids is 1. The molecule has 0 bridgehead atoms. The van der Waals surface area contributed by atoms with Crippen LogP contribution in [0.1, 0.15) is 5.76 Å². The number of amides is 1. The van der Waals surface area contributed by atoms with Crippen molar-refractivity contribution in [2.45, 2.75) is 0 Å². The van der Waals surface area contributed by atoms with Crippen molar-refractivity contribution in [1.82, 2.24) is 0 Å². The van der Waals surface area contributed by atoms with E-state index in [-0.39, 0.29) is 11.6 Å². The predicted octanol–water partition coefficient (Wildman–Crippen LogP) is 6.69. The number of ether oxygens (including phenoxy) is 1. The molecule has 0 spiro atoms. The summed E-state index contributed by atoms with van der Waals surface area (Å²) in [6, 6.07) is 12.8. The highest BCUT2D eigenvalue weighted by molar-refractivity contribution is 9.10. The van der Waals surface area contributed by atoms with Gasteiger partial charge in [-0.15, -0.1) is 0 Å². The molecule has 0 aliphatic carbocycles. The molecule has 4 rings (SSSR count). The number of hydrogen-bond donors (Lipinski definition) is 0. The van der Waals surface area contributed by atoms with Gasteiger partial charge in [-0.25, -0.2) is 0 Å². The molecule has 0 radical (unpaired) electrons. The third-order valence-electron chi connectivity index (χ3n) is 4.52. The van der Waals surface area contributed by atoms with Crippen LogP contribution in [0.25, 0.3) is 17.4 Å². The molecular weight excluding hydrogens is 540 g/mol. The van der Waals surface area contributed by atoms with E-state index < -0.39 is 4.92 Å². The third-order valence-corrected chi connectivity index (χ3v) is 6.77. The minimum Gasteiger partial charge on any atom is -0.495 e. The van der Waals surface area contributed by atoms with Crippen molar-refractivity contribution in [3.63, 3.8) is 0 Å². The van der Waals surface area contributed by atoms with Gasteiger partial charge >= 0.3 is 0 Å². The first kappa shape index (κ1) is 22.5. The van der Waals surface area contributed by atoms with Crippen molar-refractivity contribution in [3.8, 4) is 17.1 Å². The molecule has 1 amide bonds. The summed E-state index contributed by atoms with van der Waals surface area (Å²) in [5, 5.41) is 11.3. The van der Waals surface area contributed by atoms with Crippen LogP contribution in [0.15, 0.2) is 62.3 Å². The molecule has 1 fully saturated rings. The normalized spacial score (nSPS) is 15.0. The van der Waals surface area contributed by atoms with Crippen molar-refractivity contribution >= 4 is 79.2 Å². The number of thiocarbonyl (C=S) groups is 1. The Morgan fingerprint density at radius 2 is 2.03 bits per heavy atom. The predicted molar refractivity (Wildman–Crippen MR) is 132 cm³/mol. The van der Waals surface area contributed by atoms with E-state index in [1.54, 1.807) is 42.5 Å². The topological polar surface area (TPSA) is 85.8 Å². The van der Waals surface area contributed by atoms with Gasteiger partial charge in [0.25, 0.3) is 11.6 Å². The van der Waals surface area contributed by atoms with Crippen molar-refractivity contribution in [2.24, 2.45) is 0 Å². The average molecular weight is 552 g/mol. The number of non-ortho nitro benzene ring substituents is 1. The molecule has 0 atom stereocenters. The van der Waals surface area contributed by atoms with E-state index in [1.165, 1.54) is 24.1 Å². The monoisotopic (exact) mass is 550 g/mol. The number of benzene rings is 2.